The molecule has 2 spiro atoms. The third-order valence-electron chi connectivity index (χ3n) is 6.81. The van der Waals surface area contributed by atoms with Gasteiger partial charge >= 0.3 is 0 Å². The number of carbonyl (C=O) groups excluding carboxylic acids is 1. The minimum atomic E-state index is -0.812. The molecule has 1 amide bonds. The van der Waals surface area contributed by atoms with Gasteiger partial charge in [0.2, 0.25) is 0 Å². The van der Waals surface area contributed by atoms with Gasteiger partial charge in [-0.2, -0.15) is 0 Å². The van der Waals surface area contributed by atoms with Crippen LogP contribution < -0.4 is 5.32 Å². The molecular formula is C25H25Cl2NO4. The maximum absolute atomic E-state index is 13.0. The highest BCUT2D eigenvalue weighted by atomic mass is 35.5. The van der Waals surface area contributed by atoms with Crippen LogP contribution in [0.25, 0.3) is 16.7 Å². The summed E-state index contributed by atoms with van der Waals surface area (Å²) in [6.45, 7) is 3.43. The SMILES string of the molecule is CC1COC2(CCC3(CC2)NC(=O)C(c2cc(-c4ccc(Cl)cc4)ccc2Cl)=C3O)OC1. The van der Waals surface area contributed by atoms with Crippen LogP contribution in [0.3, 0.4) is 0 Å². The predicted molar refractivity (Wildman–Crippen MR) is 125 cm³/mol. The molecule has 2 heterocycles. The van der Waals surface area contributed by atoms with E-state index < -0.39 is 11.3 Å². The fourth-order valence-corrected chi connectivity index (χ4v) is 5.20. The third kappa shape index (κ3) is 3.71. The van der Waals surface area contributed by atoms with Gasteiger partial charge in [-0.1, -0.05) is 48.3 Å². The summed E-state index contributed by atoms with van der Waals surface area (Å²) in [5, 5.41) is 15.4. The second-order valence-corrected chi connectivity index (χ2v) is 9.94. The van der Waals surface area contributed by atoms with Crippen LogP contribution in [-0.2, 0) is 14.3 Å². The van der Waals surface area contributed by atoms with Crippen molar-refractivity contribution < 1.29 is 19.4 Å². The number of nitrogens with one attached hydrogen (secondary N) is 1. The minimum absolute atomic E-state index is 0.0525. The number of halogens is 2. The maximum Gasteiger partial charge on any atom is 0.256 e. The Hall–Kier alpha value is -2.05. The van der Waals surface area contributed by atoms with Crippen LogP contribution in [0, 0.1) is 5.92 Å². The Kier molecular flexibility index (Phi) is 5.49. The van der Waals surface area contributed by atoms with Crippen LogP contribution in [0.4, 0.5) is 0 Å². The van der Waals surface area contributed by atoms with Crippen LogP contribution in [0.15, 0.2) is 48.2 Å². The molecule has 2 aromatic carbocycles. The standard InChI is InChI=1S/C25H25Cl2NO4/c1-15-13-31-25(32-14-15)10-8-24(9-11-25)22(29)21(23(30)28-24)19-12-17(4-7-20(19)27)16-2-5-18(26)6-3-16/h2-7,12,15,29H,8-11,13-14H2,1H3,(H,28,30). The van der Waals surface area contributed by atoms with Gasteiger partial charge in [-0.25, -0.2) is 0 Å². The van der Waals surface area contributed by atoms with E-state index in [9.17, 15) is 9.90 Å². The molecular weight excluding hydrogens is 449 g/mol. The number of rotatable bonds is 2. The Labute approximate surface area is 197 Å². The van der Waals surface area contributed by atoms with Gasteiger partial charge in [-0.15, -0.1) is 0 Å². The van der Waals surface area contributed by atoms with Crippen molar-refractivity contribution in [2.24, 2.45) is 5.92 Å². The normalized spacial score (nSPS) is 30.2. The molecule has 3 aliphatic rings. The lowest BCUT2D eigenvalue weighted by molar-refractivity contribution is -0.297. The molecule has 2 aromatic rings. The van der Waals surface area contributed by atoms with E-state index in [1.165, 1.54) is 0 Å². The van der Waals surface area contributed by atoms with E-state index in [0.717, 1.165) is 11.1 Å². The molecule has 5 rings (SSSR count). The summed E-state index contributed by atoms with van der Waals surface area (Å²) in [5.41, 5.74) is 1.77. The Bertz CT molecular complexity index is 1080. The fourth-order valence-electron chi connectivity index (χ4n) is 4.86. The molecule has 1 saturated heterocycles. The lowest BCUT2D eigenvalue weighted by Crippen LogP contribution is -2.54. The van der Waals surface area contributed by atoms with Crippen molar-refractivity contribution in [1.29, 1.82) is 0 Å². The zero-order valence-corrected chi connectivity index (χ0v) is 19.3. The van der Waals surface area contributed by atoms with Crippen molar-refractivity contribution in [2.75, 3.05) is 13.2 Å². The number of aliphatic hydroxyl groups is 1. The van der Waals surface area contributed by atoms with E-state index in [1.807, 2.05) is 36.4 Å². The van der Waals surface area contributed by atoms with Gasteiger partial charge in [0.05, 0.1) is 24.3 Å². The first-order valence-electron chi connectivity index (χ1n) is 10.9. The van der Waals surface area contributed by atoms with Gasteiger partial charge in [0.15, 0.2) is 5.79 Å². The van der Waals surface area contributed by atoms with Crippen molar-refractivity contribution in [1.82, 2.24) is 5.32 Å². The highest BCUT2D eigenvalue weighted by molar-refractivity contribution is 6.36. The molecule has 1 aliphatic carbocycles. The van der Waals surface area contributed by atoms with Gasteiger partial charge in [0.1, 0.15) is 5.76 Å². The number of ether oxygens (including phenoxy) is 2. The molecule has 1 saturated carbocycles. The van der Waals surface area contributed by atoms with Gasteiger partial charge in [-0.05, 0) is 48.2 Å². The Balaban J connectivity index is 1.46. The Morgan fingerprint density at radius 1 is 0.969 bits per heavy atom. The first-order valence-corrected chi connectivity index (χ1v) is 11.7. The van der Waals surface area contributed by atoms with Crippen molar-refractivity contribution in [3.63, 3.8) is 0 Å². The Morgan fingerprint density at radius 2 is 1.59 bits per heavy atom. The van der Waals surface area contributed by atoms with Crippen LogP contribution in [-0.4, -0.2) is 35.6 Å². The van der Waals surface area contributed by atoms with Crippen LogP contribution in [0.2, 0.25) is 10.0 Å². The monoisotopic (exact) mass is 473 g/mol. The number of amides is 1. The van der Waals surface area contributed by atoms with E-state index in [4.69, 9.17) is 32.7 Å². The maximum atomic E-state index is 13.0. The smallest absolute Gasteiger partial charge is 0.256 e. The molecule has 0 atom stereocenters. The van der Waals surface area contributed by atoms with Crippen LogP contribution >= 0.6 is 23.2 Å². The summed E-state index contributed by atoms with van der Waals surface area (Å²) in [5.74, 6) is -0.500. The highest BCUT2D eigenvalue weighted by Crippen LogP contribution is 2.47. The Morgan fingerprint density at radius 3 is 2.25 bits per heavy atom. The van der Waals surface area contributed by atoms with E-state index in [-0.39, 0.29) is 17.2 Å². The number of hydrogen-bond donors (Lipinski definition) is 2. The third-order valence-corrected chi connectivity index (χ3v) is 7.39. The molecule has 0 aromatic heterocycles. The van der Waals surface area contributed by atoms with E-state index in [0.29, 0.717) is 60.4 Å². The number of carbonyl (C=O) groups is 1. The summed E-state index contributed by atoms with van der Waals surface area (Å²) in [7, 11) is 0. The number of hydrogen-bond acceptors (Lipinski definition) is 4. The van der Waals surface area contributed by atoms with Gasteiger partial charge < -0.3 is 19.9 Å². The first-order chi connectivity index (χ1) is 15.3. The molecule has 5 nitrogen and oxygen atoms in total. The largest absolute Gasteiger partial charge is 0.509 e. The summed E-state index contributed by atoms with van der Waals surface area (Å²) >= 11 is 12.5. The summed E-state index contributed by atoms with van der Waals surface area (Å²) < 4.78 is 12.0. The zero-order valence-electron chi connectivity index (χ0n) is 17.8. The number of aliphatic hydroxyl groups excluding tert-OH is 1. The van der Waals surface area contributed by atoms with E-state index in [1.54, 1.807) is 6.07 Å². The summed E-state index contributed by atoms with van der Waals surface area (Å²) in [4.78, 5) is 13.0. The van der Waals surface area contributed by atoms with Gasteiger partial charge in [0.25, 0.3) is 5.91 Å². The fraction of sp³-hybridized carbons (Fsp3) is 0.400. The quantitative estimate of drug-likeness (QED) is 0.582. The molecule has 7 heteroatoms. The van der Waals surface area contributed by atoms with E-state index >= 15 is 0 Å². The molecule has 2 fully saturated rings. The molecule has 32 heavy (non-hydrogen) atoms. The number of benzene rings is 2. The van der Waals surface area contributed by atoms with E-state index in [2.05, 4.69) is 12.2 Å². The van der Waals surface area contributed by atoms with Crippen LogP contribution in [0.5, 0.6) is 0 Å². The first kappa shape index (κ1) is 21.8. The average molecular weight is 474 g/mol. The average Bonchev–Trinajstić information content (AvgIpc) is 3.03. The van der Waals surface area contributed by atoms with Gasteiger partial charge in [-0.3, -0.25) is 4.79 Å². The highest BCUT2D eigenvalue weighted by Gasteiger charge is 2.53. The zero-order chi connectivity index (χ0) is 22.5. The molecule has 168 valence electrons. The predicted octanol–water partition coefficient (Wildman–Crippen LogP) is 5.75. The van der Waals surface area contributed by atoms with Crippen molar-refractivity contribution in [3.8, 4) is 11.1 Å². The minimum Gasteiger partial charge on any atom is -0.509 e. The second kappa shape index (κ2) is 8.07. The van der Waals surface area contributed by atoms with Crippen molar-refractivity contribution in [3.05, 3.63) is 63.8 Å². The molecule has 2 aliphatic heterocycles. The molecule has 0 radical (unpaired) electrons. The second-order valence-electron chi connectivity index (χ2n) is 9.10. The van der Waals surface area contributed by atoms with Crippen LogP contribution in [0.1, 0.15) is 38.2 Å². The molecule has 2 N–H and O–H groups in total. The topological polar surface area (TPSA) is 67.8 Å². The molecule has 0 bridgehead atoms. The summed E-state index contributed by atoms with van der Waals surface area (Å²) in [6.07, 6.45) is 2.29. The molecule has 0 unspecified atom stereocenters. The lowest BCUT2D eigenvalue weighted by Gasteiger charge is -2.46. The summed E-state index contributed by atoms with van der Waals surface area (Å²) in [6, 6.07) is 12.9. The van der Waals surface area contributed by atoms with Gasteiger partial charge in [0, 0.05) is 34.4 Å². The van der Waals surface area contributed by atoms with Crippen molar-refractivity contribution >= 4 is 34.7 Å². The lowest BCUT2D eigenvalue weighted by atomic mass is 9.77. The van der Waals surface area contributed by atoms with Crippen molar-refractivity contribution in [2.45, 2.75) is 43.9 Å².